The van der Waals surface area contributed by atoms with Crippen LogP contribution in [-0.2, 0) is 4.79 Å². The summed E-state index contributed by atoms with van der Waals surface area (Å²) < 4.78 is 0. The monoisotopic (exact) mass is 768 g/mol. The van der Waals surface area contributed by atoms with E-state index in [1.807, 2.05) is 6.08 Å². The number of carbonyl (C=O) groups is 1. The van der Waals surface area contributed by atoms with Crippen LogP contribution < -0.4 is 5.32 Å². The molecule has 0 heterocycles. The van der Waals surface area contributed by atoms with Crippen molar-refractivity contribution in [3.05, 3.63) is 60.8 Å². The fraction of sp³-hybridized carbons (Fsp3) is 0.784. The van der Waals surface area contributed by atoms with Crippen molar-refractivity contribution >= 4 is 5.91 Å². The van der Waals surface area contributed by atoms with Crippen LogP contribution in [0.4, 0.5) is 0 Å². The fourth-order valence-electron chi connectivity index (χ4n) is 7.11. The summed E-state index contributed by atoms with van der Waals surface area (Å²) in [7, 11) is 0. The zero-order valence-electron chi connectivity index (χ0n) is 36.7. The number of aliphatic hydroxyl groups is 2. The predicted molar refractivity (Wildman–Crippen MR) is 244 cm³/mol. The minimum atomic E-state index is -0.836. The van der Waals surface area contributed by atoms with E-state index in [2.05, 4.69) is 67.8 Å². The molecule has 1 amide bonds. The molecule has 4 nitrogen and oxygen atoms in total. The molecule has 2 unspecified atom stereocenters. The first-order chi connectivity index (χ1) is 27.2. The van der Waals surface area contributed by atoms with Gasteiger partial charge in [-0.05, 0) is 57.8 Å². The number of nitrogens with one attached hydrogen (secondary N) is 1. The number of allylic oxidation sites excluding steroid dienone is 9. The Morgan fingerprint density at radius 3 is 1.20 bits per heavy atom. The Morgan fingerprint density at radius 1 is 0.455 bits per heavy atom. The van der Waals surface area contributed by atoms with Crippen molar-refractivity contribution in [1.82, 2.24) is 5.32 Å². The maximum Gasteiger partial charge on any atom is 0.220 e. The Morgan fingerprint density at radius 2 is 0.800 bits per heavy atom. The maximum absolute atomic E-state index is 12.4. The molecule has 0 aromatic rings. The Kier molecular flexibility index (Phi) is 44.9. The van der Waals surface area contributed by atoms with Crippen LogP contribution in [0, 0.1) is 0 Å². The molecule has 0 aliphatic rings. The van der Waals surface area contributed by atoms with Crippen LogP contribution in [0.15, 0.2) is 60.8 Å². The number of unbranched alkanes of at least 4 members (excludes halogenated alkanes) is 28. The molecule has 55 heavy (non-hydrogen) atoms. The first kappa shape index (κ1) is 53.1. The van der Waals surface area contributed by atoms with Crippen molar-refractivity contribution in [2.24, 2.45) is 0 Å². The average molecular weight is 768 g/mol. The lowest BCUT2D eigenvalue weighted by atomic mass is 10.0. The molecule has 0 aromatic carbocycles. The van der Waals surface area contributed by atoms with Crippen LogP contribution in [0.3, 0.4) is 0 Å². The van der Waals surface area contributed by atoms with Gasteiger partial charge in [-0.3, -0.25) is 4.79 Å². The van der Waals surface area contributed by atoms with E-state index in [4.69, 9.17) is 0 Å². The van der Waals surface area contributed by atoms with Crippen molar-refractivity contribution < 1.29 is 15.0 Å². The third kappa shape index (κ3) is 43.1. The van der Waals surface area contributed by atoms with Gasteiger partial charge in [0.2, 0.25) is 5.91 Å². The standard InChI is InChI=1S/C51H93NO3/c1-3-5-7-9-11-13-15-16-17-18-19-20-21-22-23-24-25-26-27-28-29-30-31-32-33-34-35-36-37-39-41-43-45-47-51(55)52-49(48-53)50(54)46-44-42-40-38-14-12-10-8-6-4-2/h5,7,11,13,16-17,19-20,44,46,49-50,53-54H,3-4,6,8-10,12,14-15,18,21-43,45,47-48H2,1-2H3,(H,52,55)/b7-5-,13-11-,17-16-,20-19-,46-44+. The van der Waals surface area contributed by atoms with Crippen LogP contribution in [0.5, 0.6) is 0 Å². The van der Waals surface area contributed by atoms with Gasteiger partial charge in [-0.25, -0.2) is 0 Å². The molecule has 0 aliphatic carbocycles. The van der Waals surface area contributed by atoms with E-state index in [0.29, 0.717) is 6.42 Å². The van der Waals surface area contributed by atoms with E-state index in [1.54, 1.807) is 6.08 Å². The number of rotatable bonds is 43. The van der Waals surface area contributed by atoms with E-state index < -0.39 is 12.1 Å². The number of hydrogen-bond acceptors (Lipinski definition) is 3. The quantitative estimate of drug-likeness (QED) is 0.0427. The third-order valence-electron chi connectivity index (χ3n) is 10.8. The van der Waals surface area contributed by atoms with E-state index in [9.17, 15) is 15.0 Å². The highest BCUT2D eigenvalue weighted by Gasteiger charge is 2.17. The largest absolute Gasteiger partial charge is 0.394 e. The molecule has 320 valence electrons. The summed E-state index contributed by atoms with van der Waals surface area (Å²) in [4.78, 5) is 12.4. The molecular formula is C51H93NO3. The highest BCUT2D eigenvalue weighted by Crippen LogP contribution is 2.16. The summed E-state index contributed by atoms with van der Waals surface area (Å²) >= 11 is 0. The van der Waals surface area contributed by atoms with Crippen LogP contribution in [0.1, 0.15) is 239 Å². The molecule has 4 heteroatoms. The van der Waals surface area contributed by atoms with Gasteiger partial charge in [0.15, 0.2) is 0 Å². The van der Waals surface area contributed by atoms with Gasteiger partial charge in [0.25, 0.3) is 0 Å². The summed E-state index contributed by atoms with van der Waals surface area (Å²) in [5.41, 5.74) is 0. The lowest BCUT2D eigenvalue weighted by molar-refractivity contribution is -0.123. The lowest BCUT2D eigenvalue weighted by Crippen LogP contribution is -2.45. The highest BCUT2D eigenvalue weighted by atomic mass is 16.3. The van der Waals surface area contributed by atoms with Gasteiger partial charge in [-0.1, -0.05) is 235 Å². The normalized spacial score (nSPS) is 13.5. The number of hydrogen-bond donors (Lipinski definition) is 3. The van der Waals surface area contributed by atoms with Crippen molar-refractivity contribution in [2.75, 3.05) is 6.61 Å². The minimum Gasteiger partial charge on any atom is -0.394 e. The van der Waals surface area contributed by atoms with Crippen molar-refractivity contribution in [1.29, 1.82) is 0 Å². The minimum absolute atomic E-state index is 0.0649. The summed E-state index contributed by atoms with van der Waals surface area (Å²) in [6.07, 6.45) is 65.0. The zero-order chi connectivity index (χ0) is 40.0. The number of carbonyl (C=O) groups excluding carboxylic acids is 1. The lowest BCUT2D eigenvalue weighted by Gasteiger charge is -2.20. The molecule has 0 bridgehead atoms. The second kappa shape index (κ2) is 46.5. The van der Waals surface area contributed by atoms with Gasteiger partial charge < -0.3 is 15.5 Å². The van der Waals surface area contributed by atoms with Gasteiger partial charge in [0.05, 0.1) is 18.8 Å². The van der Waals surface area contributed by atoms with E-state index in [1.165, 1.54) is 167 Å². The van der Waals surface area contributed by atoms with Gasteiger partial charge >= 0.3 is 0 Å². The number of amides is 1. The molecular weight excluding hydrogens is 675 g/mol. The second-order valence-electron chi connectivity index (χ2n) is 16.1. The topological polar surface area (TPSA) is 69.6 Å². The van der Waals surface area contributed by atoms with Gasteiger partial charge in [0, 0.05) is 6.42 Å². The van der Waals surface area contributed by atoms with Crippen LogP contribution in [0.25, 0.3) is 0 Å². The molecule has 2 atom stereocenters. The van der Waals surface area contributed by atoms with Gasteiger partial charge in [0.1, 0.15) is 0 Å². The molecule has 0 saturated heterocycles. The first-order valence-corrected chi connectivity index (χ1v) is 24.0. The van der Waals surface area contributed by atoms with Crippen LogP contribution in [0.2, 0.25) is 0 Å². The molecule has 0 saturated carbocycles. The fourth-order valence-corrected chi connectivity index (χ4v) is 7.11. The second-order valence-corrected chi connectivity index (χ2v) is 16.1. The summed E-state index contributed by atoms with van der Waals surface area (Å²) in [5.74, 6) is -0.0649. The first-order valence-electron chi connectivity index (χ1n) is 24.0. The molecule has 0 spiro atoms. The summed E-state index contributed by atoms with van der Waals surface area (Å²) in [6, 6.07) is -0.620. The molecule has 0 radical (unpaired) electrons. The summed E-state index contributed by atoms with van der Waals surface area (Å²) in [6.45, 7) is 4.18. The molecule has 0 aliphatic heterocycles. The van der Waals surface area contributed by atoms with Gasteiger partial charge in [-0.15, -0.1) is 0 Å². The zero-order valence-corrected chi connectivity index (χ0v) is 36.7. The average Bonchev–Trinajstić information content (AvgIpc) is 3.19. The Hall–Kier alpha value is -1.91. The van der Waals surface area contributed by atoms with E-state index in [-0.39, 0.29) is 12.5 Å². The van der Waals surface area contributed by atoms with E-state index in [0.717, 1.165) is 51.4 Å². The Balaban J connectivity index is 3.43. The van der Waals surface area contributed by atoms with Crippen LogP contribution >= 0.6 is 0 Å². The Labute approximate surface area is 343 Å². The third-order valence-corrected chi connectivity index (χ3v) is 10.8. The van der Waals surface area contributed by atoms with Crippen molar-refractivity contribution in [3.8, 4) is 0 Å². The molecule has 0 aromatic heterocycles. The van der Waals surface area contributed by atoms with Gasteiger partial charge in [-0.2, -0.15) is 0 Å². The highest BCUT2D eigenvalue weighted by molar-refractivity contribution is 5.76. The smallest absolute Gasteiger partial charge is 0.220 e. The number of aliphatic hydroxyl groups excluding tert-OH is 2. The maximum atomic E-state index is 12.4. The predicted octanol–water partition coefficient (Wildman–Crippen LogP) is 15.3. The molecule has 0 rings (SSSR count). The van der Waals surface area contributed by atoms with Crippen LogP contribution in [-0.4, -0.2) is 34.9 Å². The van der Waals surface area contributed by atoms with E-state index >= 15 is 0 Å². The summed E-state index contributed by atoms with van der Waals surface area (Å²) in [5, 5.41) is 22.9. The Bertz CT molecular complexity index is 919. The molecule has 3 N–H and O–H groups in total. The SMILES string of the molecule is CC/C=C\C/C=C\C/C=C\C/C=C\CCCCCCCCCCCCCCCCCCCCCCC(=O)NC(CO)C(O)/C=C/CCCCCCCCCC. The van der Waals surface area contributed by atoms with Crippen molar-refractivity contribution in [3.63, 3.8) is 0 Å². The van der Waals surface area contributed by atoms with Crippen molar-refractivity contribution in [2.45, 2.75) is 251 Å². The molecule has 0 fully saturated rings.